The van der Waals surface area contributed by atoms with Crippen molar-refractivity contribution in [2.24, 2.45) is 11.8 Å². The Morgan fingerprint density at radius 3 is 2.11 bits per heavy atom. The highest BCUT2D eigenvalue weighted by Gasteiger charge is 2.41. The summed E-state index contributed by atoms with van der Waals surface area (Å²) < 4.78 is 0. The molecule has 4 heteroatoms. The van der Waals surface area contributed by atoms with E-state index >= 15 is 0 Å². The van der Waals surface area contributed by atoms with Gasteiger partial charge in [0, 0.05) is 39.3 Å². The van der Waals surface area contributed by atoms with Gasteiger partial charge in [0.15, 0.2) is 0 Å². The molecule has 1 amide bonds. The van der Waals surface area contributed by atoms with Crippen LogP contribution >= 0.6 is 0 Å². The van der Waals surface area contributed by atoms with E-state index < -0.39 is 0 Å². The number of carbonyl (C=O) groups is 1. The largest absolute Gasteiger partial charge is 0.341 e. The normalized spacial score (nSPS) is 30.8. The van der Waals surface area contributed by atoms with Gasteiger partial charge in [-0.25, -0.2) is 0 Å². The maximum Gasteiger partial charge on any atom is 0.242 e. The molecular weight excluding hydrogens is 226 g/mol. The van der Waals surface area contributed by atoms with Gasteiger partial charge in [0.2, 0.25) is 5.91 Å². The van der Waals surface area contributed by atoms with Crippen molar-refractivity contribution in [1.82, 2.24) is 15.1 Å². The average molecular weight is 253 g/mol. The summed E-state index contributed by atoms with van der Waals surface area (Å²) in [5, 5.41) is 3.34. The molecule has 2 heterocycles. The minimum absolute atomic E-state index is 0.306. The van der Waals surface area contributed by atoms with Crippen LogP contribution in [0.2, 0.25) is 0 Å². The Hall–Kier alpha value is -0.610. The summed E-state index contributed by atoms with van der Waals surface area (Å²) in [5.74, 6) is 1.57. The second-order valence-corrected chi connectivity index (χ2v) is 6.46. The van der Waals surface area contributed by atoms with Crippen molar-refractivity contribution in [2.75, 3.05) is 39.3 Å². The number of rotatable bonds is 2. The molecule has 0 radical (unpaired) electrons. The fourth-order valence-corrected chi connectivity index (χ4v) is 3.04. The van der Waals surface area contributed by atoms with E-state index in [9.17, 15) is 4.79 Å². The summed E-state index contributed by atoms with van der Waals surface area (Å²) in [4.78, 5) is 17.1. The van der Waals surface area contributed by atoms with E-state index in [1.165, 1.54) is 0 Å². The van der Waals surface area contributed by atoms with Gasteiger partial charge in [-0.2, -0.15) is 0 Å². The Balaban J connectivity index is 2.02. The predicted octanol–water partition coefficient (Wildman–Crippen LogP) is 0.785. The molecule has 2 aliphatic heterocycles. The molecule has 0 saturated carbocycles. The maximum absolute atomic E-state index is 12.7. The molecule has 2 atom stereocenters. The summed E-state index contributed by atoms with van der Waals surface area (Å²) in [6.07, 6.45) is 0. The quantitative estimate of drug-likeness (QED) is 0.790. The zero-order chi connectivity index (χ0) is 13.3. The van der Waals surface area contributed by atoms with Crippen molar-refractivity contribution in [2.45, 2.75) is 33.2 Å². The minimum atomic E-state index is -0.355. The third-order valence-electron chi connectivity index (χ3n) is 4.71. The topological polar surface area (TPSA) is 35.6 Å². The molecule has 0 aliphatic carbocycles. The highest BCUT2D eigenvalue weighted by molar-refractivity contribution is 5.85. The number of hydrogen-bond acceptors (Lipinski definition) is 3. The monoisotopic (exact) mass is 253 g/mol. The van der Waals surface area contributed by atoms with Crippen molar-refractivity contribution < 1.29 is 4.79 Å². The smallest absolute Gasteiger partial charge is 0.242 e. The van der Waals surface area contributed by atoms with Gasteiger partial charge in [0.1, 0.15) is 0 Å². The molecule has 2 aliphatic rings. The number of likely N-dealkylation sites (tertiary alicyclic amines) is 1. The van der Waals surface area contributed by atoms with E-state index in [1.54, 1.807) is 0 Å². The molecule has 0 aromatic heterocycles. The van der Waals surface area contributed by atoms with Crippen LogP contribution in [0.25, 0.3) is 0 Å². The first-order chi connectivity index (χ1) is 8.43. The number of carbonyl (C=O) groups excluding carboxylic acids is 1. The first-order valence-corrected chi connectivity index (χ1v) is 7.18. The second-order valence-electron chi connectivity index (χ2n) is 6.46. The number of piperazine rings is 1. The molecule has 0 aromatic rings. The summed E-state index contributed by atoms with van der Waals surface area (Å²) in [6.45, 7) is 14.4. The highest BCUT2D eigenvalue weighted by atomic mass is 16.2. The molecule has 0 aromatic carbocycles. The summed E-state index contributed by atoms with van der Waals surface area (Å²) in [5.41, 5.74) is -0.355. The molecule has 2 fully saturated rings. The Morgan fingerprint density at radius 2 is 1.61 bits per heavy atom. The Bertz CT molecular complexity index is 300. The van der Waals surface area contributed by atoms with E-state index in [1.807, 2.05) is 0 Å². The van der Waals surface area contributed by atoms with Crippen LogP contribution in [-0.4, -0.2) is 60.5 Å². The van der Waals surface area contributed by atoms with Crippen LogP contribution in [0.4, 0.5) is 0 Å². The van der Waals surface area contributed by atoms with E-state index in [4.69, 9.17) is 0 Å². The SMILES string of the molecule is CC1CN(C(=O)C(C)(C)N2CCNCC2)CC1C. The first kappa shape index (κ1) is 13.8. The maximum atomic E-state index is 12.7. The molecule has 2 rings (SSSR count). The van der Waals surface area contributed by atoms with Crippen molar-refractivity contribution in [3.05, 3.63) is 0 Å². The molecule has 2 unspecified atom stereocenters. The molecule has 4 nitrogen and oxygen atoms in total. The summed E-state index contributed by atoms with van der Waals surface area (Å²) >= 11 is 0. The van der Waals surface area contributed by atoms with E-state index in [2.05, 4.69) is 42.8 Å². The number of nitrogens with zero attached hydrogens (tertiary/aromatic N) is 2. The van der Waals surface area contributed by atoms with Crippen LogP contribution in [0.5, 0.6) is 0 Å². The van der Waals surface area contributed by atoms with Gasteiger partial charge in [-0.1, -0.05) is 13.8 Å². The number of hydrogen-bond donors (Lipinski definition) is 1. The predicted molar refractivity (Wildman–Crippen MR) is 73.4 cm³/mol. The van der Waals surface area contributed by atoms with Gasteiger partial charge in [-0.3, -0.25) is 9.69 Å². The summed E-state index contributed by atoms with van der Waals surface area (Å²) in [6, 6.07) is 0. The second kappa shape index (κ2) is 5.17. The van der Waals surface area contributed by atoms with Crippen molar-refractivity contribution >= 4 is 5.91 Å². The lowest BCUT2D eigenvalue weighted by Gasteiger charge is -2.41. The van der Waals surface area contributed by atoms with Crippen molar-refractivity contribution in [3.8, 4) is 0 Å². The van der Waals surface area contributed by atoms with Gasteiger partial charge >= 0.3 is 0 Å². The molecule has 2 saturated heterocycles. The third kappa shape index (κ3) is 2.54. The van der Waals surface area contributed by atoms with Crippen LogP contribution in [0.15, 0.2) is 0 Å². The van der Waals surface area contributed by atoms with Gasteiger partial charge in [-0.05, 0) is 25.7 Å². The Labute approximate surface area is 111 Å². The Kier molecular flexibility index (Phi) is 3.97. The van der Waals surface area contributed by atoms with Crippen LogP contribution in [0, 0.1) is 11.8 Å². The lowest BCUT2D eigenvalue weighted by atomic mass is 9.99. The third-order valence-corrected chi connectivity index (χ3v) is 4.71. The number of amides is 1. The van der Waals surface area contributed by atoms with Gasteiger partial charge in [-0.15, -0.1) is 0 Å². The van der Waals surface area contributed by atoms with E-state index in [0.29, 0.717) is 17.7 Å². The zero-order valence-corrected chi connectivity index (χ0v) is 12.2. The lowest BCUT2D eigenvalue weighted by molar-refractivity contribution is -0.142. The van der Waals surface area contributed by atoms with Gasteiger partial charge in [0.25, 0.3) is 0 Å². The van der Waals surface area contributed by atoms with Crippen LogP contribution in [0.3, 0.4) is 0 Å². The molecule has 18 heavy (non-hydrogen) atoms. The van der Waals surface area contributed by atoms with Crippen LogP contribution < -0.4 is 5.32 Å². The minimum Gasteiger partial charge on any atom is -0.341 e. The zero-order valence-electron chi connectivity index (χ0n) is 12.2. The van der Waals surface area contributed by atoms with E-state index in [-0.39, 0.29) is 5.54 Å². The van der Waals surface area contributed by atoms with Crippen molar-refractivity contribution in [3.63, 3.8) is 0 Å². The molecule has 104 valence electrons. The standard InChI is InChI=1S/C14H27N3O/c1-11-9-16(10-12(11)2)13(18)14(3,4)17-7-5-15-6-8-17/h11-12,15H,5-10H2,1-4H3. The fourth-order valence-electron chi connectivity index (χ4n) is 3.04. The van der Waals surface area contributed by atoms with Crippen LogP contribution in [-0.2, 0) is 4.79 Å². The summed E-state index contributed by atoms with van der Waals surface area (Å²) in [7, 11) is 0. The van der Waals surface area contributed by atoms with Crippen LogP contribution in [0.1, 0.15) is 27.7 Å². The lowest BCUT2D eigenvalue weighted by Crippen LogP contribution is -2.60. The van der Waals surface area contributed by atoms with Gasteiger partial charge < -0.3 is 10.2 Å². The molecule has 0 spiro atoms. The average Bonchev–Trinajstić information content (AvgIpc) is 2.69. The number of nitrogens with one attached hydrogen (secondary N) is 1. The van der Waals surface area contributed by atoms with E-state index in [0.717, 1.165) is 39.3 Å². The molecule has 1 N–H and O–H groups in total. The molecule has 0 bridgehead atoms. The van der Waals surface area contributed by atoms with Crippen molar-refractivity contribution in [1.29, 1.82) is 0 Å². The first-order valence-electron chi connectivity index (χ1n) is 7.18. The fraction of sp³-hybridized carbons (Fsp3) is 0.929. The highest BCUT2D eigenvalue weighted by Crippen LogP contribution is 2.26. The Morgan fingerprint density at radius 1 is 1.11 bits per heavy atom. The van der Waals surface area contributed by atoms with Gasteiger partial charge in [0.05, 0.1) is 5.54 Å². The molecular formula is C14H27N3O.